The van der Waals surface area contributed by atoms with Crippen LogP contribution in [-0.4, -0.2) is 59.2 Å². The molecule has 3 atom stereocenters. The molecule has 1 fully saturated rings. The van der Waals surface area contributed by atoms with E-state index in [1.807, 2.05) is 24.3 Å². The van der Waals surface area contributed by atoms with Gasteiger partial charge < -0.3 is 25.6 Å². The van der Waals surface area contributed by atoms with E-state index in [1.54, 1.807) is 11.8 Å². The van der Waals surface area contributed by atoms with Gasteiger partial charge in [-0.25, -0.2) is 4.79 Å². The molecule has 0 aromatic heterocycles. The largest absolute Gasteiger partial charge is 0.390 e. The highest BCUT2D eigenvalue weighted by Gasteiger charge is 2.30. The lowest BCUT2D eigenvalue weighted by atomic mass is 9.87. The van der Waals surface area contributed by atoms with Crippen molar-refractivity contribution < 1.29 is 19.7 Å². The highest BCUT2D eigenvalue weighted by atomic mass is 32.2. The van der Waals surface area contributed by atoms with Crippen molar-refractivity contribution in [1.29, 1.82) is 0 Å². The second-order valence-electron chi connectivity index (χ2n) is 7.89. The highest BCUT2D eigenvalue weighted by Crippen LogP contribution is 2.23. The summed E-state index contributed by atoms with van der Waals surface area (Å²) in [5.41, 5.74) is 2.09. The Kier molecular flexibility index (Phi) is 8.41. The van der Waals surface area contributed by atoms with E-state index < -0.39 is 12.2 Å². The zero-order chi connectivity index (χ0) is 19.9. The summed E-state index contributed by atoms with van der Waals surface area (Å²) in [6, 6.07) is 7.69. The van der Waals surface area contributed by atoms with Crippen molar-refractivity contribution in [2.24, 2.45) is 0 Å². The quantitative estimate of drug-likeness (QED) is 0.532. The van der Waals surface area contributed by atoms with Gasteiger partial charge in [-0.2, -0.15) is 11.8 Å². The number of benzene rings is 1. The number of amides is 2. The standard InChI is InChI=1S/C20H32N2O4S/c1-20(2,3)14-5-7-15(8-6-14)22-19(25)21-10-4-12-27-13-17-18(24)16(23)9-11-26-17/h5-8,16-18,23-24H,4,9-13H2,1-3H3,(H2,21,22,25)/t16-,17+,18-/m0/s1. The zero-order valence-electron chi connectivity index (χ0n) is 16.4. The molecule has 2 rings (SSSR count). The summed E-state index contributed by atoms with van der Waals surface area (Å²) in [5.74, 6) is 1.49. The molecule has 6 nitrogen and oxygen atoms in total. The average molecular weight is 397 g/mol. The number of carbonyl (C=O) groups is 1. The van der Waals surface area contributed by atoms with Gasteiger partial charge in [0, 0.05) is 24.6 Å². The van der Waals surface area contributed by atoms with Crippen LogP contribution in [-0.2, 0) is 10.2 Å². The van der Waals surface area contributed by atoms with Crippen molar-refractivity contribution in [3.05, 3.63) is 29.8 Å². The molecule has 0 unspecified atom stereocenters. The summed E-state index contributed by atoms with van der Waals surface area (Å²) < 4.78 is 5.49. The van der Waals surface area contributed by atoms with E-state index in [4.69, 9.17) is 4.74 Å². The van der Waals surface area contributed by atoms with Crippen LogP contribution in [0.4, 0.5) is 10.5 Å². The first-order valence-corrected chi connectivity index (χ1v) is 10.6. The van der Waals surface area contributed by atoms with E-state index in [1.165, 1.54) is 5.56 Å². The van der Waals surface area contributed by atoms with Crippen LogP contribution < -0.4 is 10.6 Å². The summed E-state index contributed by atoms with van der Waals surface area (Å²) >= 11 is 1.66. The molecule has 2 amide bonds. The zero-order valence-corrected chi connectivity index (χ0v) is 17.2. The molecule has 1 heterocycles. The van der Waals surface area contributed by atoms with Crippen LogP contribution in [0, 0.1) is 0 Å². The van der Waals surface area contributed by atoms with Gasteiger partial charge in [-0.1, -0.05) is 32.9 Å². The molecule has 1 aliphatic heterocycles. The SMILES string of the molecule is CC(C)(C)c1ccc(NC(=O)NCCCSC[C@H]2OCC[C@H](O)[C@@H]2O)cc1. The van der Waals surface area contributed by atoms with Gasteiger partial charge in [-0.3, -0.25) is 0 Å². The fourth-order valence-electron chi connectivity index (χ4n) is 2.81. The lowest BCUT2D eigenvalue weighted by Crippen LogP contribution is -2.45. The third-order valence-electron chi connectivity index (χ3n) is 4.56. The molecule has 152 valence electrons. The number of carbonyl (C=O) groups excluding carboxylic acids is 1. The maximum Gasteiger partial charge on any atom is 0.319 e. The van der Waals surface area contributed by atoms with Gasteiger partial charge in [-0.15, -0.1) is 0 Å². The van der Waals surface area contributed by atoms with Crippen LogP contribution in [0.3, 0.4) is 0 Å². The minimum atomic E-state index is -0.806. The van der Waals surface area contributed by atoms with Crippen molar-refractivity contribution in [3.8, 4) is 0 Å². The normalized spacial score (nSPS) is 23.1. The predicted octanol–water partition coefficient (Wildman–Crippen LogP) is 2.74. The van der Waals surface area contributed by atoms with Crippen molar-refractivity contribution >= 4 is 23.5 Å². The number of aliphatic hydroxyl groups excluding tert-OH is 2. The topological polar surface area (TPSA) is 90.8 Å². The highest BCUT2D eigenvalue weighted by molar-refractivity contribution is 7.99. The van der Waals surface area contributed by atoms with Crippen LogP contribution in [0.2, 0.25) is 0 Å². The van der Waals surface area contributed by atoms with E-state index in [2.05, 4.69) is 31.4 Å². The molecule has 0 spiro atoms. The lowest BCUT2D eigenvalue weighted by Gasteiger charge is -2.31. The fraction of sp³-hybridized carbons (Fsp3) is 0.650. The van der Waals surface area contributed by atoms with Crippen LogP contribution in [0.1, 0.15) is 39.2 Å². The second-order valence-corrected chi connectivity index (χ2v) is 9.04. The molecule has 0 saturated carbocycles. The fourth-order valence-corrected chi connectivity index (χ4v) is 3.85. The Morgan fingerprint density at radius 2 is 1.96 bits per heavy atom. The Hall–Kier alpha value is -1.28. The summed E-state index contributed by atoms with van der Waals surface area (Å²) in [6.45, 7) is 7.54. The molecule has 1 aromatic carbocycles. The maximum atomic E-state index is 11.9. The van der Waals surface area contributed by atoms with Crippen LogP contribution in [0.15, 0.2) is 24.3 Å². The Morgan fingerprint density at radius 1 is 1.26 bits per heavy atom. The summed E-state index contributed by atoms with van der Waals surface area (Å²) in [6.07, 6.45) is -0.495. The third kappa shape index (κ3) is 7.33. The number of hydrogen-bond acceptors (Lipinski definition) is 5. The van der Waals surface area contributed by atoms with Crippen molar-refractivity contribution in [2.45, 2.75) is 57.3 Å². The number of nitrogens with one attached hydrogen (secondary N) is 2. The summed E-state index contributed by atoms with van der Waals surface area (Å²) in [4.78, 5) is 11.9. The number of anilines is 1. The van der Waals surface area contributed by atoms with Crippen molar-refractivity contribution in [2.75, 3.05) is 30.0 Å². The monoisotopic (exact) mass is 396 g/mol. The number of urea groups is 1. The van der Waals surface area contributed by atoms with Crippen LogP contribution >= 0.6 is 11.8 Å². The maximum absolute atomic E-state index is 11.9. The number of ether oxygens (including phenoxy) is 1. The number of thioether (sulfide) groups is 1. The number of hydrogen-bond donors (Lipinski definition) is 4. The Morgan fingerprint density at radius 3 is 2.63 bits per heavy atom. The third-order valence-corrected chi connectivity index (χ3v) is 5.70. The summed E-state index contributed by atoms with van der Waals surface area (Å²) in [7, 11) is 0. The van der Waals surface area contributed by atoms with Crippen molar-refractivity contribution in [1.82, 2.24) is 5.32 Å². The molecule has 27 heavy (non-hydrogen) atoms. The van der Waals surface area contributed by atoms with E-state index in [0.29, 0.717) is 25.3 Å². The molecule has 0 aliphatic carbocycles. The minimum absolute atomic E-state index is 0.0925. The predicted molar refractivity (Wildman–Crippen MR) is 110 cm³/mol. The summed E-state index contributed by atoms with van der Waals surface area (Å²) in [5, 5.41) is 25.2. The van der Waals surface area contributed by atoms with Gasteiger partial charge in [0.15, 0.2) is 0 Å². The van der Waals surface area contributed by atoms with E-state index in [0.717, 1.165) is 17.9 Å². The van der Waals surface area contributed by atoms with Gasteiger partial charge in [0.05, 0.1) is 12.2 Å². The first kappa shape index (κ1) is 22.0. The molecule has 0 radical (unpaired) electrons. The average Bonchev–Trinajstić information content (AvgIpc) is 2.61. The first-order chi connectivity index (χ1) is 12.8. The Bertz CT molecular complexity index is 589. The van der Waals surface area contributed by atoms with E-state index in [9.17, 15) is 15.0 Å². The smallest absolute Gasteiger partial charge is 0.319 e. The Balaban J connectivity index is 1.58. The van der Waals surface area contributed by atoms with E-state index in [-0.39, 0.29) is 17.6 Å². The second kappa shape index (κ2) is 10.3. The molecular weight excluding hydrogens is 364 g/mol. The molecular formula is C20H32N2O4S. The first-order valence-electron chi connectivity index (χ1n) is 9.48. The van der Waals surface area contributed by atoms with Gasteiger partial charge >= 0.3 is 6.03 Å². The number of rotatable bonds is 7. The minimum Gasteiger partial charge on any atom is -0.390 e. The Labute approximate surface area is 166 Å². The van der Waals surface area contributed by atoms with Crippen molar-refractivity contribution in [3.63, 3.8) is 0 Å². The van der Waals surface area contributed by atoms with Gasteiger partial charge in [0.25, 0.3) is 0 Å². The molecule has 1 aromatic rings. The van der Waals surface area contributed by atoms with E-state index >= 15 is 0 Å². The lowest BCUT2D eigenvalue weighted by molar-refractivity contribution is -0.125. The molecule has 0 bridgehead atoms. The van der Waals surface area contributed by atoms with Crippen LogP contribution in [0.25, 0.3) is 0 Å². The molecule has 4 N–H and O–H groups in total. The molecule has 1 aliphatic rings. The van der Waals surface area contributed by atoms with Gasteiger partial charge in [0.2, 0.25) is 0 Å². The van der Waals surface area contributed by atoms with Gasteiger partial charge in [0.1, 0.15) is 6.10 Å². The number of aliphatic hydroxyl groups is 2. The molecule has 1 saturated heterocycles. The van der Waals surface area contributed by atoms with Crippen LogP contribution in [0.5, 0.6) is 0 Å². The van der Waals surface area contributed by atoms with Gasteiger partial charge in [-0.05, 0) is 41.7 Å². The molecule has 7 heteroatoms.